The number of aromatic nitrogens is 3. The Morgan fingerprint density at radius 1 is 1.12 bits per heavy atom. The fourth-order valence-corrected chi connectivity index (χ4v) is 3.81. The van der Waals surface area contributed by atoms with Crippen molar-refractivity contribution < 1.29 is 4.79 Å². The standard InChI is InChI=1S/C18H18N4OS2/c1-13(24-18-21-19-12-22(18)2)17(23)20-15-10-6-7-11-16(15)25-14-8-4-3-5-9-14/h3-13H,1-2H3,(H,20,23)/t13-/m0/s1. The summed E-state index contributed by atoms with van der Waals surface area (Å²) in [4.78, 5) is 14.7. The zero-order chi connectivity index (χ0) is 17.6. The fourth-order valence-electron chi connectivity index (χ4n) is 2.10. The molecule has 3 aromatic rings. The number of rotatable bonds is 6. The maximum Gasteiger partial charge on any atom is 0.237 e. The normalized spacial score (nSPS) is 11.9. The van der Waals surface area contributed by atoms with Gasteiger partial charge >= 0.3 is 0 Å². The first-order valence-electron chi connectivity index (χ1n) is 7.77. The lowest BCUT2D eigenvalue weighted by Crippen LogP contribution is -2.23. The lowest BCUT2D eigenvalue weighted by atomic mass is 10.3. The van der Waals surface area contributed by atoms with Crippen LogP contribution in [0.2, 0.25) is 0 Å². The van der Waals surface area contributed by atoms with Crippen LogP contribution in [0.1, 0.15) is 6.92 Å². The molecule has 0 unspecified atom stereocenters. The largest absolute Gasteiger partial charge is 0.324 e. The second-order valence-corrected chi connectivity index (χ2v) is 7.81. The van der Waals surface area contributed by atoms with E-state index in [9.17, 15) is 4.79 Å². The van der Waals surface area contributed by atoms with Gasteiger partial charge in [0.2, 0.25) is 5.91 Å². The SMILES string of the molecule is C[C@H](Sc1nncn1C)C(=O)Nc1ccccc1Sc1ccccc1. The minimum Gasteiger partial charge on any atom is -0.324 e. The molecule has 5 nitrogen and oxygen atoms in total. The third-order valence-electron chi connectivity index (χ3n) is 3.44. The smallest absolute Gasteiger partial charge is 0.237 e. The van der Waals surface area contributed by atoms with Gasteiger partial charge in [0.15, 0.2) is 5.16 Å². The Hall–Kier alpha value is -2.25. The second-order valence-electron chi connectivity index (χ2n) is 5.39. The van der Waals surface area contributed by atoms with Crippen LogP contribution in [0.5, 0.6) is 0 Å². The highest BCUT2D eigenvalue weighted by Crippen LogP contribution is 2.33. The number of anilines is 1. The van der Waals surface area contributed by atoms with E-state index in [1.54, 1.807) is 22.7 Å². The molecule has 0 aliphatic rings. The monoisotopic (exact) mass is 370 g/mol. The maximum atomic E-state index is 12.6. The van der Waals surface area contributed by atoms with Crippen LogP contribution in [0.15, 0.2) is 75.9 Å². The Kier molecular flexibility index (Phi) is 5.78. The molecule has 0 aliphatic heterocycles. The van der Waals surface area contributed by atoms with E-state index in [4.69, 9.17) is 0 Å². The van der Waals surface area contributed by atoms with Gasteiger partial charge in [0, 0.05) is 16.8 Å². The fraction of sp³-hybridized carbons (Fsp3) is 0.167. The third kappa shape index (κ3) is 4.64. The zero-order valence-electron chi connectivity index (χ0n) is 13.9. The van der Waals surface area contributed by atoms with Gasteiger partial charge < -0.3 is 9.88 Å². The number of carbonyl (C=O) groups excluding carboxylic acids is 1. The van der Waals surface area contributed by atoms with Crippen LogP contribution >= 0.6 is 23.5 Å². The first-order chi connectivity index (χ1) is 12.1. The summed E-state index contributed by atoms with van der Waals surface area (Å²) >= 11 is 3.01. The van der Waals surface area contributed by atoms with Gasteiger partial charge in [0.1, 0.15) is 6.33 Å². The topological polar surface area (TPSA) is 59.8 Å². The second kappa shape index (κ2) is 8.22. The van der Waals surface area contributed by atoms with E-state index < -0.39 is 0 Å². The van der Waals surface area contributed by atoms with Gasteiger partial charge in [0.05, 0.1) is 10.9 Å². The highest BCUT2D eigenvalue weighted by molar-refractivity contribution is 8.00. The minimum absolute atomic E-state index is 0.0610. The van der Waals surface area contributed by atoms with Gasteiger partial charge in [-0.1, -0.05) is 53.9 Å². The zero-order valence-corrected chi connectivity index (χ0v) is 15.6. The van der Waals surface area contributed by atoms with Gasteiger partial charge in [-0.3, -0.25) is 4.79 Å². The molecule has 128 valence electrons. The molecule has 1 aromatic heterocycles. The molecule has 0 saturated heterocycles. The summed E-state index contributed by atoms with van der Waals surface area (Å²) in [6, 6.07) is 17.9. The molecule has 0 saturated carbocycles. The summed E-state index contributed by atoms with van der Waals surface area (Å²) in [6.45, 7) is 1.86. The van der Waals surface area contributed by atoms with E-state index >= 15 is 0 Å². The Morgan fingerprint density at radius 2 is 1.84 bits per heavy atom. The summed E-state index contributed by atoms with van der Waals surface area (Å²) in [5, 5.41) is 11.3. The van der Waals surface area contributed by atoms with Crippen molar-refractivity contribution in [1.29, 1.82) is 0 Å². The average Bonchev–Trinajstić information content (AvgIpc) is 3.02. The molecule has 1 heterocycles. The number of hydrogen-bond donors (Lipinski definition) is 1. The number of aryl methyl sites for hydroxylation is 1. The summed E-state index contributed by atoms with van der Waals surface area (Å²) in [6.07, 6.45) is 1.62. The van der Waals surface area contributed by atoms with E-state index in [0.717, 1.165) is 20.6 Å². The number of para-hydroxylation sites is 1. The molecule has 1 atom stereocenters. The Morgan fingerprint density at radius 3 is 2.56 bits per heavy atom. The van der Waals surface area contributed by atoms with E-state index in [0.29, 0.717) is 0 Å². The number of amides is 1. The quantitative estimate of drug-likeness (QED) is 0.663. The molecule has 1 N–H and O–H groups in total. The lowest BCUT2D eigenvalue weighted by Gasteiger charge is -2.14. The van der Waals surface area contributed by atoms with Crippen molar-refractivity contribution in [3.8, 4) is 0 Å². The number of nitrogens with one attached hydrogen (secondary N) is 1. The highest BCUT2D eigenvalue weighted by Gasteiger charge is 2.18. The van der Waals surface area contributed by atoms with E-state index in [1.165, 1.54) is 11.8 Å². The number of hydrogen-bond acceptors (Lipinski definition) is 5. The summed E-state index contributed by atoms with van der Waals surface area (Å²) in [5.41, 5.74) is 0.812. The van der Waals surface area contributed by atoms with E-state index in [2.05, 4.69) is 27.6 Å². The van der Waals surface area contributed by atoms with Crippen LogP contribution in [0.3, 0.4) is 0 Å². The molecule has 0 fully saturated rings. The molecule has 0 radical (unpaired) electrons. The molecule has 25 heavy (non-hydrogen) atoms. The van der Waals surface area contributed by atoms with Gasteiger partial charge in [-0.15, -0.1) is 10.2 Å². The number of nitrogens with zero attached hydrogens (tertiary/aromatic N) is 3. The van der Waals surface area contributed by atoms with E-state index in [-0.39, 0.29) is 11.2 Å². The summed E-state index contributed by atoms with van der Waals surface area (Å²) in [5.74, 6) is -0.0610. The van der Waals surface area contributed by atoms with Crippen molar-refractivity contribution in [1.82, 2.24) is 14.8 Å². The van der Waals surface area contributed by atoms with Crippen molar-refractivity contribution in [2.45, 2.75) is 27.1 Å². The van der Waals surface area contributed by atoms with Crippen LogP contribution in [-0.4, -0.2) is 25.9 Å². The molecule has 1 amide bonds. The molecule has 3 rings (SSSR count). The molecule has 0 bridgehead atoms. The molecule has 0 aliphatic carbocycles. The Balaban J connectivity index is 1.70. The van der Waals surface area contributed by atoms with Gasteiger partial charge in [-0.25, -0.2) is 0 Å². The van der Waals surface area contributed by atoms with Crippen LogP contribution in [0.25, 0.3) is 0 Å². The Bertz CT molecular complexity index is 851. The van der Waals surface area contributed by atoms with Gasteiger partial charge in [0.25, 0.3) is 0 Å². The summed E-state index contributed by atoms with van der Waals surface area (Å²) in [7, 11) is 1.86. The van der Waals surface area contributed by atoms with E-state index in [1.807, 2.05) is 56.4 Å². The van der Waals surface area contributed by atoms with Gasteiger partial charge in [-0.05, 0) is 31.2 Å². The van der Waals surface area contributed by atoms with Crippen LogP contribution in [-0.2, 0) is 11.8 Å². The number of thioether (sulfide) groups is 1. The van der Waals surface area contributed by atoms with Gasteiger partial charge in [-0.2, -0.15) is 0 Å². The van der Waals surface area contributed by atoms with Crippen molar-refractivity contribution in [3.05, 3.63) is 60.9 Å². The molecule has 2 aromatic carbocycles. The van der Waals surface area contributed by atoms with Crippen molar-refractivity contribution >= 4 is 35.1 Å². The lowest BCUT2D eigenvalue weighted by molar-refractivity contribution is -0.115. The number of benzene rings is 2. The van der Waals surface area contributed by atoms with Crippen molar-refractivity contribution in [2.24, 2.45) is 7.05 Å². The predicted octanol–water partition coefficient (Wildman–Crippen LogP) is 4.09. The molecule has 0 spiro atoms. The van der Waals surface area contributed by atoms with Crippen LogP contribution < -0.4 is 5.32 Å². The first kappa shape index (κ1) is 17.6. The van der Waals surface area contributed by atoms with Crippen molar-refractivity contribution in [2.75, 3.05) is 5.32 Å². The maximum absolute atomic E-state index is 12.6. The molecule has 7 heteroatoms. The summed E-state index contributed by atoms with van der Waals surface area (Å²) < 4.78 is 1.80. The molecular formula is C18H18N4OS2. The van der Waals surface area contributed by atoms with Crippen LogP contribution in [0.4, 0.5) is 5.69 Å². The first-order valence-corrected chi connectivity index (χ1v) is 9.46. The van der Waals surface area contributed by atoms with Crippen LogP contribution in [0, 0.1) is 0 Å². The predicted molar refractivity (Wildman–Crippen MR) is 102 cm³/mol. The Labute approximate surface area is 155 Å². The highest BCUT2D eigenvalue weighted by atomic mass is 32.2. The molecular weight excluding hydrogens is 352 g/mol. The minimum atomic E-state index is -0.280. The van der Waals surface area contributed by atoms with Crippen molar-refractivity contribution in [3.63, 3.8) is 0 Å². The number of carbonyl (C=O) groups is 1. The third-order valence-corrected chi connectivity index (χ3v) is 5.67. The average molecular weight is 371 g/mol.